The van der Waals surface area contributed by atoms with E-state index in [0.717, 1.165) is 22.5 Å². The predicted molar refractivity (Wildman–Crippen MR) is 140 cm³/mol. The topological polar surface area (TPSA) is 140 Å². The molecule has 0 spiro atoms. The Morgan fingerprint density at radius 3 is 2.55 bits per heavy atom. The van der Waals surface area contributed by atoms with Crippen LogP contribution in [0.1, 0.15) is 61.9 Å². The molecule has 11 nitrogen and oxygen atoms in total. The molecule has 2 aliphatic carbocycles. The second kappa shape index (κ2) is 9.57. The molecule has 2 atom stereocenters. The lowest BCUT2D eigenvalue weighted by molar-refractivity contribution is 0.0955. The van der Waals surface area contributed by atoms with Crippen LogP contribution in [0.2, 0.25) is 0 Å². The molecule has 2 heterocycles. The molecule has 2 aromatic heterocycles. The first-order valence-corrected chi connectivity index (χ1v) is 14.0. The van der Waals surface area contributed by atoms with Crippen LogP contribution in [0, 0.1) is 13.8 Å². The summed E-state index contributed by atoms with van der Waals surface area (Å²) in [6.45, 7) is 5.64. The van der Waals surface area contributed by atoms with Crippen molar-refractivity contribution in [3.05, 3.63) is 53.5 Å². The number of ether oxygens (including phenoxy) is 1. The fraction of sp³-hybridized carbons (Fsp3) is 0.462. The molecule has 12 heteroatoms. The zero-order chi connectivity index (χ0) is 27.2. The zero-order valence-corrected chi connectivity index (χ0v) is 22.7. The van der Waals surface area contributed by atoms with Gasteiger partial charge in [0, 0.05) is 23.6 Å². The summed E-state index contributed by atoms with van der Waals surface area (Å²) >= 11 is 0. The van der Waals surface area contributed by atoms with Gasteiger partial charge < -0.3 is 15.2 Å². The summed E-state index contributed by atoms with van der Waals surface area (Å²) in [5.41, 5.74) is 1.71. The van der Waals surface area contributed by atoms with E-state index in [1.807, 2.05) is 13.8 Å². The van der Waals surface area contributed by atoms with E-state index in [1.54, 1.807) is 42.2 Å². The molecule has 2 aliphatic rings. The molecule has 2 N–H and O–H groups in total. The number of methoxy groups -OCH3 is 1. The Bertz CT molecular complexity index is 1470. The normalized spacial score (nSPS) is 20.2. The summed E-state index contributed by atoms with van der Waals surface area (Å²) in [6.07, 6.45) is 4.09. The molecule has 1 aromatic carbocycles. The van der Waals surface area contributed by atoms with Crippen LogP contribution in [0.5, 0.6) is 5.88 Å². The summed E-state index contributed by atoms with van der Waals surface area (Å²) in [6, 6.07) is 8.16. The van der Waals surface area contributed by atoms with Crippen LogP contribution < -0.4 is 10.1 Å². The standard InChI is InChI=1S/C26H32N6O5S/c1-16-5-9-20(10-6-16)38(35,36)32-21(14-22(30-32)28-24-17(2)27-15-23(29-24)37-4)18-7-8-19(13-18)31(25(33)34)26(3)11-12-26/h5-6,9-10,14-15,18-19H,7-8,11-13H2,1-4H3,(H,33,34)(H,28,29,30)/t18-,19+/m0/s1. The van der Waals surface area contributed by atoms with E-state index in [4.69, 9.17) is 4.74 Å². The van der Waals surface area contributed by atoms with E-state index < -0.39 is 16.1 Å². The molecular formula is C26H32N6O5S. The van der Waals surface area contributed by atoms with E-state index in [-0.39, 0.29) is 22.4 Å². The van der Waals surface area contributed by atoms with Gasteiger partial charge in [0.05, 0.1) is 29.6 Å². The monoisotopic (exact) mass is 540 g/mol. The lowest BCUT2D eigenvalue weighted by Gasteiger charge is -2.32. The summed E-state index contributed by atoms with van der Waals surface area (Å²) in [5, 5.41) is 17.5. The van der Waals surface area contributed by atoms with Crippen LogP contribution in [-0.4, -0.2) is 62.4 Å². The Labute approximate surface area is 221 Å². The average molecular weight is 541 g/mol. The van der Waals surface area contributed by atoms with Gasteiger partial charge in [-0.15, -0.1) is 5.10 Å². The number of amides is 1. The van der Waals surface area contributed by atoms with Gasteiger partial charge in [0.1, 0.15) is 0 Å². The smallest absolute Gasteiger partial charge is 0.408 e. The summed E-state index contributed by atoms with van der Waals surface area (Å²) < 4.78 is 33.8. The van der Waals surface area contributed by atoms with E-state index in [2.05, 4.69) is 20.4 Å². The number of aryl methyl sites for hydroxylation is 2. The second-order valence-corrected chi connectivity index (χ2v) is 12.2. The van der Waals surface area contributed by atoms with Crippen LogP contribution in [0.4, 0.5) is 16.4 Å². The van der Waals surface area contributed by atoms with Gasteiger partial charge in [0.2, 0.25) is 5.88 Å². The van der Waals surface area contributed by atoms with Gasteiger partial charge >= 0.3 is 6.09 Å². The lowest BCUT2D eigenvalue weighted by Crippen LogP contribution is -2.45. The van der Waals surface area contributed by atoms with Crippen LogP contribution in [-0.2, 0) is 10.0 Å². The first kappa shape index (κ1) is 26.0. The third-order valence-electron chi connectivity index (χ3n) is 7.59. The molecule has 38 heavy (non-hydrogen) atoms. The highest BCUT2D eigenvalue weighted by molar-refractivity contribution is 7.89. The molecular weight excluding hydrogens is 508 g/mol. The highest BCUT2D eigenvalue weighted by Gasteiger charge is 2.50. The predicted octanol–water partition coefficient (Wildman–Crippen LogP) is 4.45. The number of hydrogen-bond donors (Lipinski definition) is 2. The fourth-order valence-electron chi connectivity index (χ4n) is 5.20. The number of nitrogens with one attached hydrogen (secondary N) is 1. The van der Waals surface area contributed by atoms with Crippen molar-refractivity contribution in [2.45, 2.75) is 75.3 Å². The maximum Gasteiger partial charge on any atom is 0.408 e. The minimum absolute atomic E-state index is 0.128. The van der Waals surface area contributed by atoms with Crippen LogP contribution in [0.25, 0.3) is 0 Å². The van der Waals surface area contributed by atoms with Gasteiger partial charge in [0.15, 0.2) is 11.6 Å². The van der Waals surface area contributed by atoms with Gasteiger partial charge in [-0.2, -0.15) is 17.5 Å². The largest absolute Gasteiger partial charge is 0.480 e. The molecule has 2 saturated carbocycles. The number of anilines is 2. The minimum atomic E-state index is -4.01. The molecule has 1 amide bonds. The Balaban J connectivity index is 1.52. The summed E-state index contributed by atoms with van der Waals surface area (Å²) in [7, 11) is -2.52. The average Bonchev–Trinajstić information content (AvgIpc) is 3.25. The van der Waals surface area contributed by atoms with Crippen molar-refractivity contribution in [1.29, 1.82) is 0 Å². The SMILES string of the molecule is COc1cnc(C)c(Nc2cc([C@H]3CC[C@@H](N(C(=O)O)C4(C)CC4)C3)n(S(=O)(=O)c3ccc(C)cc3)n2)n1. The van der Waals surface area contributed by atoms with E-state index in [9.17, 15) is 18.3 Å². The Hall–Kier alpha value is -3.67. The van der Waals surface area contributed by atoms with Crippen molar-refractivity contribution >= 4 is 27.8 Å². The van der Waals surface area contributed by atoms with Crippen LogP contribution in [0.3, 0.4) is 0 Å². The van der Waals surface area contributed by atoms with Gasteiger partial charge in [-0.25, -0.2) is 4.79 Å². The first-order chi connectivity index (χ1) is 18.0. The highest BCUT2D eigenvalue weighted by atomic mass is 32.2. The molecule has 0 radical (unpaired) electrons. The Morgan fingerprint density at radius 1 is 1.21 bits per heavy atom. The number of benzene rings is 1. The number of rotatable bonds is 8. The minimum Gasteiger partial charge on any atom is -0.480 e. The number of aromatic nitrogens is 4. The number of nitrogens with zero attached hydrogens (tertiary/aromatic N) is 5. The molecule has 0 saturated heterocycles. The van der Waals surface area contributed by atoms with Crippen molar-refractivity contribution in [1.82, 2.24) is 24.1 Å². The highest BCUT2D eigenvalue weighted by Crippen LogP contribution is 2.47. The summed E-state index contributed by atoms with van der Waals surface area (Å²) in [5.74, 6) is 0.821. The van der Waals surface area contributed by atoms with Crippen molar-refractivity contribution in [3.8, 4) is 5.88 Å². The Morgan fingerprint density at radius 2 is 1.92 bits per heavy atom. The van der Waals surface area contributed by atoms with Crippen LogP contribution >= 0.6 is 0 Å². The molecule has 202 valence electrons. The first-order valence-electron chi connectivity index (χ1n) is 12.6. The van der Waals surface area contributed by atoms with Gasteiger partial charge in [0.25, 0.3) is 10.0 Å². The van der Waals surface area contributed by atoms with Gasteiger partial charge in [-0.1, -0.05) is 17.7 Å². The third kappa shape index (κ3) is 4.80. The third-order valence-corrected chi connectivity index (χ3v) is 9.20. The molecule has 0 aliphatic heterocycles. The Kier molecular flexibility index (Phi) is 6.54. The molecule has 0 unspecified atom stereocenters. The molecule has 2 fully saturated rings. The molecule has 3 aromatic rings. The number of carboxylic acid groups (broad SMARTS) is 1. The fourth-order valence-corrected chi connectivity index (χ4v) is 6.55. The van der Waals surface area contributed by atoms with E-state index in [0.29, 0.717) is 48.2 Å². The van der Waals surface area contributed by atoms with Crippen molar-refractivity contribution in [3.63, 3.8) is 0 Å². The number of hydrogen-bond acceptors (Lipinski definition) is 8. The van der Waals surface area contributed by atoms with Crippen molar-refractivity contribution in [2.75, 3.05) is 12.4 Å². The zero-order valence-electron chi connectivity index (χ0n) is 21.9. The van der Waals surface area contributed by atoms with Crippen molar-refractivity contribution in [2.24, 2.45) is 0 Å². The van der Waals surface area contributed by atoms with Crippen LogP contribution in [0.15, 0.2) is 41.4 Å². The molecule has 5 rings (SSSR count). The quantitative estimate of drug-likeness (QED) is 0.424. The maximum absolute atomic E-state index is 13.8. The van der Waals surface area contributed by atoms with E-state index >= 15 is 0 Å². The maximum atomic E-state index is 13.8. The van der Waals surface area contributed by atoms with E-state index in [1.165, 1.54) is 13.3 Å². The summed E-state index contributed by atoms with van der Waals surface area (Å²) in [4.78, 5) is 22.5. The lowest BCUT2D eigenvalue weighted by atomic mass is 10.0. The van der Waals surface area contributed by atoms with Gasteiger partial charge in [-0.3, -0.25) is 9.88 Å². The van der Waals surface area contributed by atoms with Gasteiger partial charge in [-0.05, 0) is 65.0 Å². The molecule has 0 bridgehead atoms. The van der Waals surface area contributed by atoms with Crippen molar-refractivity contribution < 1.29 is 23.1 Å². The second-order valence-electron chi connectivity index (χ2n) is 10.4. The number of carbonyl (C=O) groups is 1.